The van der Waals surface area contributed by atoms with Gasteiger partial charge in [0.25, 0.3) is 0 Å². The number of ether oxygens (including phenoxy) is 1. The lowest BCUT2D eigenvalue weighted by Gasteiger charge is -2.40. The smallest absolute Gasteiger partial charge is 0.411 e. The molecule has 0 aliphatic carbocycles. The van der Waals surface area contributed by atoms with E-state index in [0.29, 0.717) is 38.9 Å². The molecule has 2 aliphatic rings. The molecule has 4 rings (SSSR count). The van der Waals surface area contributed by atoms with Gasteiger partial charge in [-0.2, -0.15) is 0 Å². The molecule has 7 nitrogen and oxygen atoms in total. The normalized spacial score (nSPS) is 18.4. The van der Waals surface area contributed by atoms with Gasteiger partial charge in [-0.1, -0.05) is 43.3 Å². The van der Waals surface area contributed by atoms with Crippen molar-refractivity contribution in [1.82, 2.24) is 9.80 Å². The number of piperidine rings is 1. The molecular formula is C29H37N3O4. The molecule has 0 unspecified atom stereocenters. The summed E-state index contributed by atoms with van der Waals surface area (Å²) in [6, 6.07) is 15.2. The minimum atomic E-state index is -0.649. The summed E-state index contributed by atoms with van der Waals surface area (Å²) in [5.41, 5.74) is 3.49. The average molecular weight is 492 g/mol. The Hall–Kier alpha value is -3.35. The number of nitrogens with zero attached hydrogens (tertiary/aromatic N) is 2. The predicted octanol–water partition coefficient (Wildman–Crippen LogP) is 4.79. The summed E-state index contributed by atoms with van der Waals surface area (Å²) in [5.74, 6) is -0.230. The van der Waals surface area contributed by atoms with Crippen LogP contribution in [-0.4, -0.2) is 52.4 Å². The fourth-order valence-corrected chi connectivity index (χ4v) is 4.90. The zero-order chi connectivity index (χ0) is 25.9. The summed E-state index contributed by atoms with van der Waals surface area (Å²) < 4.78 is 5.64. The average Bonchev–Trinajstić information content (AvgIpc) is 2.87. The third-order valence-electron chi connectivity index (χ3n) is 6.97. The number of carbonyl (C=O) groups is 3. The Balaban J connectivity index is 1.40. The van der Waals surface area contributed by atoms with Gasteiger partial charge in [0.2, 0.25) is 11.8 Å². The lowest BCUT2D eigenvalue weighted by Crippen LogP contribution is -2.56. The van der Waals surface area contributed by atoms with Crippen molar-refractivity contribution in [3.63, 3.8) is 0 Å². The van der Waals surface area contributed by atoms with Crippen LogP contribution in [0.4, 0.5) is 10.5 Å². The van der Waals surface area contributed by atoms with E-state index in [2.05, 4.69) is 12.2 Å². The number of anilines is 1. The highest BCUT2D eigenvalue weighted by molar-refractivity contribution is 5.93. The van der Waals surface area contributed by atoms with Crippen LogP contribution in [0.5, 0.6) is 0 Å². The second kappa shape index (κ2) is 10.7. The summed E-state index contributed by atoms with van der Waals surface area (Å²) >= 11 is 0. The van der Waals surface area contributed by atoms with Crippen molar-refractivity contribution < 1.29 is 19.1 Å². The van der Waals surface area contributed by atoms with E-state index in [0.717, 1.165) is 23.2 Å². The van der Waals surface area contributed by atoms with Gasteiger partial charge >= 0.3 is 6.09 Å². The zero-order valence-corrected chi connectivity index (χ0v) is 21.8. The van der Waals surface area contributed by atoms with Crippen molar-refractivity contribution in [3.8, 4) is 0 Å². The highest BCUT2D eigenvalue weighted by atomic mass is 16.6. The minimum Gasteiger partial charge on any atom is -0.444 e. The Labute approximate surface area is 213 Å². The van der Waals surface area contributed by atoms with Gasteiger partial charge in [0.1, 0.15) is 11.6 Å². The second-order valence-corrected chi connectivity index (χ2v) is 10.7. The van der Waals surface area contributed by atoms with Crippen LogP contribution < -0.4 is 5.32 Å². The molecule has 3 amide bonds. The maximum Gasteiger partial charge on any atom is 0.411 e. The molecule has 1 atom stereocenters. The molecule has 1 fully saturated rings. The highest BCUT2D eigenvalue weighted by Crippen LogP contribution is 2.28. The first-order valence-corrected chi connectivity index (χ1v) is 12.9. The van der Waals surface area contributed by atoms with E-state index < -0.39 is 17.7 Å². The van der Waals surface area contributed by atoms with Gasteiger partial charge in [-0.3, -0.25) is 14.5 Å². The number of hydrogen-bond donors (Lipinski definition) is 1. The minimum absolute atomic E-state index is 0.00618. The molecule has 0 radical (unpaired) electrons. The fraction of sp³-hybridized carbons (Fsp3) is 0.483. The molecule has 36 heavy (non-hydrogen) atoms. The van der Waals surface area contributed by atoms with E-state index in [-0.39, 0.29) is 17.7 Å². The predicted molar refractivity (Wildman–Crippen MR) is 139 cm³/mol. The SMILES string of the molecule is CCc1ccc(NC(=O)C2CCN(C(=O)[C@@H]3Cc4ccccc4CN3C(=O)OC(C)(C)C)CC2)cc1. The monoisotopic (exact) mass is 491 g/mol. The molecule has 1 saturated heterocycles. The molecule has 2 aromatic carbocycles. The quantitative estimate of drug-likeness (QED) is 0.667. The maximum atomic E-state index is 13.6. The fourth-order valence-electron chi connectivity index (χ4n) is 4.90. The third kappa shape index (κ3) is 6.07. The Morgan fingerprint density at radius 2 is 1.61 bits per heavy atom. The van der Waals surface area contributed by atoms with Gasteiger partial charge in [0.05, 0.1) is 6.54 Å². The first kappa shape index (κ1) is 25.7. The number of carbonyl (C=O) groups excluding carboxylic acids is 3. The largest absolute Gasteiger partial charge is 0.444 e. The van der Waals surface area contributed by atoms with Gasteiger partial charge < -0.3 is 15.0 Å². The molecule has 0 bridgehead atoms. The van der Waals surface area contributed by atoms with Crippen LogP contribution >= 0.6 is 0 Å². The number of benzene rings is 2. The van der Waals surface area contributed by atoms with Crippen LogP contribution in [0.25, 0.3) is 0 Å². The summed E-state index contributed by atoms with van der Waals surface area (Å²) in [6.45, 7) is 8.91. The molecule has 0 spiro atoms. The molecule has 1 N–H and O–H groups in total. The third-order valence-corrected chi connectivity index (χ3v) is 6.97. The number of fused-ring (bicyclic) bond motifs is 1. The Morgan fingerprint density at radius 1 is 0.972 bits per heavy atom. The molecule has 2 aromatic rings. The van der Waals surface area contributed by atoms with E-state index in [9.17, 15) is 14.4 Å². The van der Waals surface area contributed by atoms with Gasteiger partial charge in [-0.25, -0.2) is 4.79 Å². The van der Waals surface area contributed by atoms with Crippen LogP contribution in [0.2, 0.25) is 0 Å². The molecule has 2 aliphatic heterocycles. The van der Waals surface area contributed by atoms with Crippen molar-refractivity contribution >= 4 is 23.6 Å². The number of likely N-dealkylation sites (tertiary alicyclic amines) is 1. The standard InChI is InChI=1S/C29H37N3O4/c1-5-20-10-12-24(13-11-20)30-26(33)21-14-16-31(17-15-21)27(34)25-18-22-8-6-7-9-23(22)19-32(25)28(35)36-29(2,3)4/h6-13,21,25H,5,14-19H2,1-4H3,(H,30,33)/t25-/m0/s1. The number of nitrogens with one attached hydrogen (secondary N) is 1. The number of rotatable bonds is 4. The highest BCUT2D eigenvalue weighted by Gasteiger charge is 2.40. The topological polar surface area (TPSA) is 79.0 Å². The molecule has 192 valence electrons. The Kier molecular flexibility index (Phi) is 7.67. The van der Waals surface area contributed by atoms with Gasteiger partial charge in [-0.15, -0.1) is 0 Å². The zero-order valence-electron chi connectivity index (χ0n) is 21.8. The van der Waals surface area contributed by atoms with E-state index in [4.69, 9.17) is 4.74 Å². The van der Waals surface area contributed by atoms with Gasteiger partial charge in [0.15, 0.2) is 0 Å². The van der Waals surface area contributed by atoms with Crippen LogP contribution in [0.3, 0.4) is 0 Å². The van der Waals surface area contributed by atoms with Crippen molar-refractivity contribution in [2.24, 2.45) is 5.92 Å². The first-order chi connectivity index (χ1) is 17.1. The molecule has 2 heterocycles. The summed E-state index contributed by atoms with van der Waals surface area (Å²) in [4.78, 5) is 42.9. The number of amides is 3. The number of aryl methyl sites for hydroxylation is 1. The number of hydrogen-bond acceptors (Lipinski definition) is 4. The summed E-state index contributed by atoms with van der Waals surface area (Å²) in [7, 11) is 0. The van der Waals surface area contributed by atoms with Gasteiger partial charge in [-0.05, 0) is 68.9 Å². The molecule has 7 heteroatoms. The van der Waals surface area contributed by atoms with Crippen LogP contribution in [-0.2, 0) is 33.7 Å². The molecule has 0 saturated carbocycles. The van der Waals surface area contributed by atoms with E-state index in [1.165, 1.54) is 5.56 Å². The molecular weight excluding hydrogens is 454 g/mol. The van der Waals surface area contributed by atoms with Crippen molar-refractivity contribution in [3.05, 3.63) is 65.2 Å². The summed E-state index contributed by atoms with van der Waals surface area (Å²) in [6.07, 6.45) is 2.14. The molecule has 0 aromatic heterocycles. The van der Waals surface area contributed by atoms with Crippen molar-refractivity contribution in [1.29, 1.82) is 0 Å². The van der Waals surface area contributed by atoms with Crippen LogP contribution in [0.1, 0.15) is 57.2 Å². The first-order valence-electron chi connectivity index (χ1n) is 12.9. The van der Waals surface area contributed by atoms with Gasteiger partial charge in [0, 0.05) is 31.1 Å². The van der Waals surface area contributed by atoms with Crippen LogP contribution in [0.15, 0.2) is 48.5 Å². The Morgan fingerprint density at radius 3 is 2.22 bits per heavy atom. The second-order valence-electron chi connectivity index (χ2n) is 10.7. The van der Waals surface area contributed by atoms with Crippen molar-refractivity contribution in [2.45, 2.75) is 71.6 Å². The Bertz CT molecular complexity index is 1100. The lowest BCUT2D eigenvalue weighted by molar-refractivity contribution is -0.140. The van der Waals surface area contributed by atoms with Crippen molar-refractivity contribution in [2.75, 3.05) is 18.4 Å². The van der Waals surface area contributed by atoms with E-state index in [1.54, 1.807) is 9.80 Å². The van der Waals surface area contributed by atoms with Crippen LogP contribution in [0, 0.1) is 5.92 Å². The maximum absolute atomic E-state index is 13.6. The van der Waals surface area contributed by atoms with E-state index in [1.807, 2.05) is 69.3 Å². The lowest BCUT2D eigenvalue weighted by atomic mass is 9.91. The summed E-state index contributed by atoms with van der Waals surface area (Å²) in [5, 5.41) is 3.01. The van der Waals surface area contributed by atoms with E-state index >= 15 is 0 Å².